The van der Waals surface area contributed by atoms with Crippen LogP contribution in [0.5, 0.6) is 5.75 Å². The number of urea groups is 1. The third kappa shape index (κ3) is 4.58. The van der Waals surface area contributed by atoms with E-state index in [9.17, 15) is 14.4 Å². The number of hydrazine groups is 1. The van der Waals surface area contributed by atoms with Crippen molar-refractivity contribution >= 4 is 34.3 Å². The predicted molar refractivity (Wildman–Crippen MR) is 117 cm³/mol. The molecule has 158 valence electrons. The number of benzene rings is 3. The van der Waals surface area contributed by atoms with Gasteiger partial charge in [-0.05, 0) is 48.0 Å². The van der Waals surface area contributed by atoms with Crippen LogP contribution in [0.15, 0.2) is 66.7 Å². The Balaban J connectivity index is 1.34. The van der Waals surface area contributed by atoms with Gasteiger partial charge >= 0.3 is 6.03 Å². The Hall–Kier alpha value is -4.07. The lowest BCUT2D eigenvalue weighted by Gasteiger charge is -2.17. The summed E-state index contributed by atoms with van der Waals surface area (Å²) in [5, 5.41) is 4.80. The molecule has 3 aromatic rings. The fraction of sp³-hybridized carbons (Fsp3) is 0.174. The minimum atomic E-state index is -0.818. The highest BCUT2D eigenvalue weighted by atomic mass is 16.5. The SMILES string of the molecule is CC(Oc1ccc2ccccc2c1)C(=O)NNC(=O)c1cccc(N2CCNC2=O)c1. The molecule has 1 heterocycles. The quantitative estimate of drug-likeness (QED) is 0.555. The summed E-state index contributed by atoms with van der Waals surface area (Å²) in [5.74, 6) is -0.423. The zero-order valence-electron chi connectivity index (χ0n) is 16.9. The molecule has 1 saturated heterocycles. The minimum absolute atomic E-state index is 0.203. The Morgan fingerprint density at radius 3 is 2.58 bits per heavy atom. The van der Waals surface area contributed by atoms with Gasteiger partial charge in [0, 0.05) is 24.3 Å². The van der Waals surface area contributed by atoms with E-state index in [0.29, 0.717) is 30.1 Å². The third-order valence-electron chi connectivity index (χ3n) is 4.98. The summed E-state index contributed by atoms with van der Waals surface area (Å²) in [6, 6.07) is 19.9. The topological polar surface area (TPSA) is 99.8 Å². The average Bonchev–Trinajstić information content (AvgIpc) is 3.23. The number of carbonyl (C=O) groups is 3. The van der Waals surface area contributed by atoms with E-state index in [1.54, 1.807) is 42.2 Å². The third-order valence-corrected chi connectivity index (χ3v) is 4.98. The number of nitrogens with zero attached hydrogens (tertiary/aromatic N) is 1. The van der Waals surface area contributed by atoms with Crippen molar-refractivity contribution in [3.05, 3.63) is 72.3 Å². The van der Waals surface area contributed by atoms with Crippen molar-refractivity contribution in [3.8, 4) is 5.75 Å². The van der Waals surface area contributed by atoms with Crippen molar-refractivity contribution in [1.82, 2.24) is 16.2 Å². The minimum Gasteiger partial charge on any atom is -0.481 e. The van der Waals surface area contributed by atoms with Gasteiger partial charge < -0.3 is 10.1 Å². The first-order chi connectivity index (χ1) is 15.0. The van der Waals surface area contributed by atoms with Crippen molar-refractivity contribution in [2.24, 2.45) is 0 Å². The van der Waals surface area contributed by atoms with E-state index in [4.69, 9.17) is 4.74 Å². The maximum atomic E-state index is 12.4. The first-order valence-corrected chi connectivity index (χ1v) is 9.92. The number of fused-ring (bicyclic) bond motifs is 1. The molecule has 0 aliphatic carbocycles. The van der Waals surface area contributed by atoms with Gasteiger partial charge in [0.2, 0.25) is 0 Å². The molecule has 0 aromatic heterocycles. The zero-order valence-corrected chi connectivity index (χ0v) is 16.9. The summed E-state index contributed by atoms with van der Waals surface area (Å²) in [5.41, 5.74) is 5.70. The van der Waals surface area contributed by atoms with Gasteiger partial charge in [-0.2, -0.15) is 0 Å². The number of ether oxygens (including phenoxy) is 1. The van der Waals surface area contributed by atoms with Crippen LogP contribution in [-0.4, -0.2) is 37.0 Å². The van der Waals surface area contributed by atoms with Crippen LogP contribution in [0.2, 0.25) is 0 Å². The summed E-state index contributed by atoms with van der Waals surface area (Å²) < 4.78 is 5.71. The van der Waals surface area contributed by atoms with E-state index < -0.39 is 17.9 Å². The highest BCUT2D eigenvalue weighted by Gasteiger charge is 2.22. The number of amides is 4. The van der Waals surface area contributed by atoms with Crippen LogP contribution < -0.4 is 25.8 Å². The highest BCUT2D eigenvalue weighted by molar-refractivity contribution is 5.99. The van der Waals surface area contributed by atoms with Crippen LogP contribution in [0.4, 0.5) is 10.5 Å². The molecular weight excluding hydrogens is 396 g/mol. The van der Waals surface area contributed by atoms with Crippen molar-refractivity contribution in [2.45, 2.75) is 13.0 Å². The zero-order chi connectivity index (χ0) is 21.8. The molecule has 4 amide bonds. The average molecular weight is 418 g/mol. The largest absolute Gasteiger partial charge is 0.481 e. The Labute approximate surface area is 179 Å². The summed E-state index contributed by atoms with van der Waals surface area (Å²) >= 11 is 0. The normalized spacial score (nSPS) is 14.1. The second-order valence-electron chi connectivity index (χ2n) is 7.15. The number of hydrogen-bond donors (Lipinski definition) is 3. The fourth-order valence-electron chi connectivity index (χ4n) is 3.32. The fourth-order valence-corrected chi connectivity index (χ4v) is 3.32. The summed E-state index contributed by atoms with van der Waals surface area (Å²) in [6.07, 6.45) is -0.818. The molecule has 3 aromatic carbocycles. The summed E-state index contributed by atoms with van der Waals surface area (Å²) in [4.78, 5) is 38.2. The molecule has 0 spiro atoms. The summed E-state index contributed by atoms with van der Waals surface area (Å²) in [7, 11) is 0. The standard InChI is InChI=1S/C23H22N4O4/c1-15(31-20-10-9-16-5-2-3-6-17(16)14-20)21(28)25-26-22(29)18-7-4-8-19(13-18)27-12-11-24-23(27)30/h2-10,13-15H,11-12H2,1H3,(H,24,30)(H,25,28)(H,26,29). The maximum absolute atomic E-state index is 12.4. The lowest BCUT2D eigenvalue weighted by Crippen LogP contribution is -2.47. The lowest BCUT2D eigenvalue weighted by molar-refractivity contribution is -0.128. The van der Waals surface area contributed by atoms with E-state index in [-0.39, 0.29) is 6.03 Å². The predicted octanol–water partition coefficient (Wildman–Crippen LogP) is 2.60. The number of anilines is 1. The number of rotatable bonds is 5. The Bertz CT molecular complexity index is 1150. The van der Waals surface area contributed by atoms with Gasteiger partial charge in [0.15, 0.2) is 6.10 Å². The van der Waals surface area contributed by atoms with E-state index in [2.05, 4.69) is 16.2 Å². The number of hydrogen-bond acceptors (Lipinski definition) is 4. The number of nitrogens with one attached hydrogen (secondary N) is 3. The van der Waals surface area contributed by atoms with Gasteiger partial charge in [0.05, 0.1) is 0 Å². The van der Waals surface area contributed by atoms with Crippen molar-refractivity contribution < 1.29 is 19.1 Å². The van der Waals surface area contributed by atoms with Gasteiger partial charge in [-0.3, -0.25) is 25.3 Å². The Kier molecular flexibility index (Phi) is 5.70. The molecule has 4 rings (SSSR count). The highest BCUT2D eigenvalue weighted by Crippen LogP contribution is 2.21. The molecule has 3 N–H and O–H groups in total. The molecule has 8 heteroatoms. The second kappa shape index (κ2) is 8.74. The molecule has 0 radical (unpaired) electrons. The Morgan fingerprint density at radius 1 is 1.00 bits per heavy atom. The van der Waals surface area contributed by atoms with Gasteiger partial charge in [0.1, 0.15) is 5.75 Å². The first kappa shape index (κ1) is 20.2. The maximum Gasteiger partial charge on any atom is 0.321 e. The summed E-state index contributed by atoms with van der Waals surface area (Å²) in [6.45, 7) is 2.69. The van der Waals surface area contributed by atoms with E-state index in [1.807, 2.05) is 36.4 Å². The smallest absolute Gasteiger partial charge is 0.321 e. The van der Waals surface area contributed by atoms with Crippen LogP contribution in [0.1, 0.15) is 17.3 Å². The van der Waals surface area contributed by atoms with Crippen molar-refractivity contribution in [3.63, 3.8) is 0 Å². The molecular formula is C23H22N4O4. The lowest BCUT2D eigenvalue weighted by atomic mass is 10.1. The van der Waals surface area contributed by atoms with E-state index in [1.165, 1.54) is 0 Å². The van der Waals surface area contributed by atoms with E-state index >= 15 is 0 Å². The van der Waals surface area contributed by atoms with Gasteiger partial charge in [-0.15, -0.1) is 0 Å². The molecule has 1 unspecified atom stereocenters. The van der Waals surface area contributed by atoms with E-state index in [0.717, 1.165) is 10.8 Å². The second-order valence-corrected chi connectivity index (χ2v) is 7.15. The number of carbonyl (C=O) groups excluding carboxylic acids is 3. The first-order valence-electron chi connectivity index (χ1n) is 9.92. The van der Waals surface area contributed by atoms with Crippen LogP contribution >= 0.6 is 0 Å². The molecule has 1 fully saturated rings. The molecule has 0 bridgehead atoms. The van der Waals surface area contributed by atoms with Gasteiger partial charge in [-0.25, -0.2) is 4.79 Å². The Morgan fingerprint density at radius 2 is 1.81 bits per heavy atom. The molecule has 1 aliphatic rings. The molecule has 0 saturated carbocycles. The van der Waals surface area contributed by atoms with Crippen LogP contribution in [0.25, 0.3) is 10.8 Å². The molecule has 8 nitrogen and oxygen atoms in total. The van der Waals surface area contributed by atoms with Gasteiger partial charge in [0.25, 0.3) is 11.8 Å². The van der Waals surface area contributed by atoms with Crippen LogP contribution in [0, 0.1) is 0 Å². The monoisotopic (exact) mass is 418 g/mol. The van der Waals surface area contributed by atoms with Crippen molar-refractivity contribution in [1.29, 1.82) is 0 Å². The molecule has 1 aliphatic heterocycles. The van der Waals surface area contributed by atoms with Crippen LogP contribution in [-0.2, 0) is 4.79 Å². The van der Waals surface area contributed by atoms with Crippen LogP contribution in [0.3, 0.4) is 0 Å². The molecule has 1 atom stereocenters. The van der Waals surface area contributed by atoms with Gasteiger partial charge in [-0.1, -0.05) is 36.4 Å². The molecule has 31 heavy (non-hydrogen) atoms. The van der Waals surface area contributed by atoms with Crippen molar-refractivity contribution in [2.75, 3.05) is 18.0 Å².